The van der Waals surface area contributed by atoms with Gasteiger partial charge in [0.15, 0.2) is 0 Å². The predicted molar refractivity (Wildman–Crippen MR) is 325 cm³/mol. The molecule has 0 aliphatic heterocycles. The molecule has 0 saturated carbocycles. The molecule has 3 unspecified atom stereocenters. The van der Waals surface area contributed by atoms with Crippen molar-refractivity contribution >= 4 is 13.7 Å². The van der Waals surface area contributed by atoms with Crippen molar-refractivity contribution in [3.63, 3.8) is 0 Å². The van der Waals surface area contributed by atoms with Gasteiger partial charge in [-0.25, -0.2) is 0 Å². The van der Waals surface area contributed by atoms with Crippen LogP contribution in [0.25, 0.3) is 0 Å². The Morgan fingerprint density at radius 1 is 0.467 bits per heavy atom. The van der Waals surface area contributed by atoms with Crippen LogP contribution >= 0.6 is 7.82 Å². The summed E-state index contributed by atoms with van der Waals surface area (Å²) >= 11 is 0. The summed E-state index contributed by atoms with van der Waals surface area (Å²) in [4.78, 5) is 25.5. The highest BCUT2D eigenvalue weighted by molar-refractivity contribution is 7.45. The highest BCUT2D eigenvalue weighted by Crippen LogP contribution is 2.38. The van der Waals surface area contributed by atoms with Gasteiger partial charge in [0.25, 0.3) is 7.82 Å². The van der Waals surface area contributed by atoms with Crippen LogP contribution in [0.15, 0.2) is 36.5 Å². The number of aliphatic hydroxyl groups is 1. The molecule has 444 valence electrons. The quantitative estimate of drug-likeness (QED) is 0.0272. The first kappa shape index (κ1) is 73.7. The highest BCUT2D eigenvalue weighted by atomic mass is 31.2. The molecular formula is C66H129N2O6P. The van der Waals surface area contributed by atoms with Gasteiger partial charge in [0, 0.05) is 6.42 Å². The summed E-state index contributed by atoms with van der Waals surface area (Å²) in [6.45, 7) is 4.67. The zero-order valence-electron chi connectivity index (χ0n) is 50.8. The fourth-order valence-corrected chi connectivity index (χ4v) is 10.7. The largest absolute Gasteiger partial charge is 0.756 e. The van der Waals surface area contributed by atoms with Crippen LogP contribution < -0.4 is 10.2 Å². The number of nitrogens with zero attached hydrogens (tertiary/aromatic N) is 1. The van der Waals surface area contributed by atoms with E-state index >= 15 is 0 Å². The van der Waals surface area contributed by atoms with Gasteiger partial charge >= 0.3 is 0 Å². The monoisotopic (exact) mass is 1080 g/mol. The molecule has 0 heterocycles. The Balaban J connectivity index is 3.87. The molecule has 0 aromatic rings. The van der Waals surface area contributed by atoms with E-state index in [9.17, 15) is 19.4 Å². The van der Waals surface area contributed by atoms with Crippen molar-refractivity contribution < 1.29 is 32.9 Å². The van der Waals surface area contributed by atoms with E-state index in [-0.39, 0.29) is 19.1 Å². The second-order valence-electron chi connectivity index (χ2n) is 23.8. The Morgan fingerprint density at radius 2 is 0.773 bits per heavy atom. The molecule has 0 rings (SSSR count). The molecule has 0 aliphatic rings. The summed E-state index contributed by atoms with van der Waals surface area (Å²) < 4.78 is 23.4. The van der Waals surface area contributed by atoms with Crippen molar-refractivity contribution in [3.8, 4) is 0 Å². The van der Waals surface area contributed by atoms with Crippen LogP contribution in [-0.2, 0) is 18.4 Å². The molecule has 0 aromatic heterocycles. The van der Waals surface area contributed by atoms with E-state index in [1.165, 1.54) is 263 Å². The Hall–Kier alpha value is -1.28. The van der Waals surface area contributed by atoms with E-state index in [0.717, 1.165) is 44.9 Å². The molecule has 2 N–H and O–H groups in total. The number of phosphoric acid groups is 1. The topological polar surface area (TPSA) is 108 Å². The molecule has 0 aliphatic carbocycles. The Kier molecular flexibility index (Phi) is 56.4. The third kappa shape index (κ3) is 60.2. The molecule has 3 atom stereocenters. The smallest absolute Gasteiger partial charge is 0.268 e. The van der Waals surface area contributed by atoms with E-state index < -0.39 is 20.0 Å². The van der Waals surface area contributed by atoms with Crippen molar-refractivity contribution in [3.05, 3.63) is 36.5 Å². The number of aliphatic hydroxyl groups excluding tert-OH is 1. The second kappa shape index (κ2) is 57.4. The molecular weight excluding hydrogens is 948 g/mol. The van der Waals surface area contributed by atoms with Crippen molar-refractivity contribution in [1.29, 1.82) is 0 Å². The molecule has 0 bridgehead atoms. The average molecular weight is 1080 g/mol. The average Bonchev–Trinajstić information content (AvgIpc) is 3.37. The normalized spacial score (nSPS) is 14.0. The minimum atomic E-state index is -4.59. The fourth-order valence-electron chi connectivity index (χ4n) is 9.95. The van der Waals surface area contributed by atoms with Crippen LogP contribution in [-0.4, -0.2) is 68.5 Å². The molecule has 0 radical (unpaired) electrons. The second-order valence-corrected chi connectivity index (χ2v) is 25.2. The van der Waals surface area contributed by atoms with Crippen molar-refractivity contribution in [1.82, 2.24) is 5.32 Å². The van der Waals surface area contributed by atoms with Crippen LogP contribution in [0, 0.1) is 0 Å². The van der Waals surface area contributed by atoms with Crippen LogP contribution in [0.4, 0.5) is 0 Å². The van der Waals surface area contributed by atoms with Crippen molar-refractivity contribution in [2.24, 2.45) is 0 Å². The lowest BCUT2D eigenvalue weighted by atomic mass is 10.0. The molecule has 1 amide bonds. The number of nitrogens with one attached hydrogen (secondary N) is 1. The molecule has 9 heteroatoms. The summed E-state index contributed by atoms with van der Waals surface area (Å²) in [7, 11) is 1.28. The first-order valence-corrected chi connectivity index (χ1v) is 34.3. The number of amides is 1. The van der Waals surface area contributed by atoms with Crippen LogP contribution in [0.5, 0.6) is 0 Å². The van der Waals surface area contributed by atoms with Crippen molar-refractivity contribution in [2.45, 2.75) is 341 Å². The van der Waals surface area contributed by atoms with Crippen LogP contribution in [0.1, 0.15) is 328 Å². The fraction of sp³-hybridized carbons (Fsp3) is 0.894. The summed E-state index contributed by atoms with van der Waals surface area (Å²) in [5.41, 5.74) is 0. The number of likely N-dealkylation sites (N-methyl/N-ethyl adjacent to an activating group) is 1. The molecule has 0 spiro atoms. The summed E-state index contributed by atoms with van der Waals surface area (Å²) in [5.74, 6) is -0.191. The predicted octanol–water partition coefficient (Wildman–Crippen LogP) is 19.9. The third-order valence-corrected chi connectivity index (χ3v) is 16.1. The number of hydrogen-bond donors (Lipinski definition) is 2. The minimum Gasteiger partial charge on any atom is -0.756 e. The molecule has 0 fully saturated rings. The summed E-state index contributed by atoms with van der Waals surface area (Å²) in [6, 6.07) is -0.883. The van der Waals surface area contributed by atoms with E-state index in [0.29, 0.717) is 17.4 Å². The van der Waals surface area contributed by atoms with Gasteiger partial charge in [-0.3, -0.25) is 9.36 Å². The van der Waals surface area contributed by atoms with E-state index in [1.54, 1.807) is 6.08 Å². The number of allylic oxidation sites excluding steroid dienone is 5. The van der Waals surface area contributed by atoms with Crippen LogP contribution in [0.2, 0.25) is 0 Å². The number of quaternary nitrogens is 1. The zero-order chi connectivity index (χ0) is 54.9. The Labute approximate surface area is 467 Å². The van der Waals surface area contributed by atoms with Gasteiger partial charge in [0.1, 0.15) is 13.2 Å². The van der Waals surface area contributed by atoms with Gasteiger partial charge in [-0.15, -0.1) is 0 Å². The van der Waals surface area contributed by atoms with Crippen LogP contribution in [0.3, 0.4) is 0 Å². The lowest BCUT2D eigenvalue weighted by Gasteiger charge is -2.29. The summed E-state index contributed by atoms with van der Waals surface area (Å²) in [6.07, 6.45) is 75.5. The number of carbonyl (C=O) groups is 1. The maximum Gasteiger partial charge on any atom is 0.268 e. The first-order chi connectivity index (χ1) is 36.5. The number of hydrogen-bond acceptors (Lipinski definition) is 6. The number of carbonyl (C=O) groups excluding carboxylic acids is 1. The number of rotatable bonds is 61. The maximum absolute atomic E-state index is 13.0. The standard InChI is InChI=1S/C66H129N2O6P/c1-6-8-10-12-14-16-18-20-22-23-24-25-26-27-28-29-30-31-32-33-34-35-36-37-38-39-40-41-42-43-44-45-46-48-50-52-54-56-58-60-66(70)67-64(63-74-75(71,72)73-62-61-68(3,4)5)65(69)59-57-55-53-51-49-47-21-19-17-15-13-11-9-7-2/h18,20,23-24,57,59,64-65,69H,6-17,19,21-22,25-56,58,60-63H2,1-5H3,(H-,67,70,71,72)/b20-18-,24-23-,59-57+. The Bertz CT molecular complexity index is 1320. The summed E-state index contributed by atoms with van der Waals surface area (Å²) in [5, 5.41) is 13.9. The van der Waals surface area contributed by atoms with E-state index in [2.05, 4.69) is 43.5 Å². The first-order valence-electron chi connectivity index (χ1n) is 32.9. The molecule has 0 saturated heterocycles. The van der Waals surface area contributed by atoms with Crippen molar-refractivity contribution in [2.75, 3.05) is 40.9 Å². The van der Waals surface area contributed by atoms with Gasteiger partial charge in [0.05, 0.1) is 39.9 Å². The lowest BCUT2D eigenvalue weighted by molar-refractivity contribution is -0.870. The van der Waals surface area contributed by atoms with Gasteiger partial charge < -0.3 is 28.8 Å². The Morgan fingerprint density at radius 3 is 1.11 bits per heavy atom. The highest BCUT2D eigenvalue weighted by Gasteiger charge is 2.23. The van der Waals surface area contributed by atoms with E-state index in [1.807, 2.05) is 27.2 Å². The van der Waals surface area contributed by atoms with Gasteiger partial charge in [-0.1, -0.05) is 307 Å². The SMILES string of the molecule is CCCCCCC/C=C\C/C=C\CCCCCCCCCCCCCCCCCCCCCCCCCCCCCC(=O)NC(COP(=O)([O-])OCC[N+](C)(C)C)C(O)/C=C/CCCCCCCCCCCCCC. The van der Waals surface area contributed by atoms with Gasteiger partial charge in [-0.05, 0) is 51.4 Å². The van der Waals surface area contributed by atoms with Gasteiger partial charge in [-0.2, -0.15) is 0 Å². The lowest BCUT2D eigenvalue weighted by Crippen LogP contribution is -2.45. The number of phosphoric ester groups is 1. The van der Waals surface area contributed by atoms with Gasteiger partial charge in [0.2, 0.25) is 5.91 Å². The molecule has 0 aromatic carbocycles. The molecule has 8 nitrogen and oxygen atoms in total. The number of unbranched alkanes of at least 4 members (excludes halogenated alkanes) is 44. The minimum absolute atomic E-state index is 0.00132. The third-order valence-electron chi connectivity index (χ3n) is 15.1. The molecule has 75 heavy (non-hydrogen) atoms. The zero-order valence-corrected chi connectivity index (χ0v) is 51.7. The maximum atomic E-state index is 13.0. The van der Waals surface area contributed by atoms with E-state index in [4.69, 9.17) is 9.05 Å².